The molecule has 1 aliphatic rings. The summed E-state index contributed by atoms with van der Waals surface area (Å²) < 4.78 is 0. The Balaban J connectivity index is 1.94. The lowest BCUT2D eigenvalue weighted by Crippen LogP contribution is -2.26. The van der Waals surface area contributed by atoms with E-state index in [1.54, 1.807) is 31.8 Å². The summed E-state index contributed by atoms with van der Waals surface area (Å²) >= 11 is 1.74. The lowest BCUT2D eigenvalue weighted by molar-refractivity contribution is -0.146. The Morgan fingerprint density at radius 2 is 2.08 bits per heavy atom. The van der Waals surface area contributed by atoms with Crippen LogP contribution in [0, 0.1) is 5.41 Å². The average Bonchev–Trinajstić information content (AvgIpc) is 2.54. The molecule has 2 N–H and O–H groups in total. The number of carboxylic acids is 1. The van der Waals surface area contributed by atoms with Crippen LogP contribution in [0.25, 0.3) is 5.57 Å². The van der Waals surface area contributed by atoms with Crippen molar-refractivity contribution < 1.29 is 9.90 Å². The summed E-state index contributed by atoms with van der Waals surface area (Å²) in [6, 6.07) is 9.48. The standard InChI is InChI=1S/C19H19NO3S/c1-19(2,18(22)23)10-12-3-5-15-14(7-8-24-16(15)9-12)13-4-6-17(21)20-11-13/h3-7,9,11H,8,10H2,1-2H3,(H,20,21)(H,22,23). The third-order valence-corrected chi connectivity index (χ3v) is 5.16. The normalized spacial score (nSPS) is 14.0. The second-order valence-corrected chi connectivity index (χ2v) is 7.63. The summed E-state index contributed by atoms with van der Waals surface area (Å²) in [6.45, 7) is 3.49. The van der Waals surface area contributed by atoms with Gasteiger partial charge in [-0.1, -0.05) is 18.2 Å². The summed E-state index contributed by atoms with van der Waals surface area (Å²) in [7, 11) is 0. The summed E-state index contributed by atoms with van der Waals surface area (Å²) in [5, 5.41) is 9.31. The van der Waals surface area contributed by atoms with E-state index in [1.807, 2.05) is 18.2 Å². The highest BCUT2D eigenvalue weighted by molar-refractivity contribution is 7.99. The van der Waals surface area contributed by atoms with Crippen LogP contribution in [0.1, 0.15) is 30.5 Å². The fourth-order valence-electron chi connectivity index (χ4n) is 2.78. The topological polar surface area (TPSA) is 70.2 Å². The predicted molar refractivity (Wildman–Crippen MR) is 96.4 cm³/mol. The van der Waals surface area contributed by atoms with Crippen molar-refractivity contribution in [3.05, 3.63) is 69.6 Å². The minimum absolute atomic E-state index is 0.115. The second kappa shape index (κ2) is 6.32. The van der Waals surface area contributed by atoms with Crippen LogP contribution in [0.3, 0.4) is 0 Å². The molecule has 0 unspecified atom stereocenters. The molecule has 0 fully saturated rings. The number of benzene rings is 1. The lowest BCUT2D eigenvalue weighted by Gasteiger charge is -2.22. The van der Waals surface area contributed by atoms with Crippen molar-refractivity contribution >= 4 is 23.3 Å². The van der Waals surface area contributed by atoms with Gasteiger partial charge in [-0.15, -0.1) is 11.8 Å². The van der Waals surface area contributed by atoms with Gasteiger partial charge in [0.1, 0.15) is 0 Å². The molecule has 0 spiro atoms. The summed E-state index contributed by atoms with van der Waals surface area (Å²) in [6.07, 6.45) is 4.38. The Morgan fingerprint density at radius 1 is 1.29 bits per heavy atom. The molecule has 4 nitrogen and oxygen atoms in total. The molecule has 1 aliphatic heterocycles. The first-order valence-electron chi connectivity index (χ1n) is 7.75. The van der Waals surface area contributed by atoms with E-state index in [4.69, 9.17) is 0 Å². The number of fused-ring (bicyclic) bond motifs is 1. The van der Waals surface area contributed by atoms with Gasteiger partial charge in [0.05, 0.1) is 5.41 Å². The molecule has 5 heteroatoms. The number of aromatic amines is 1. The maximum Gasteiger partial charge on any atom is 0.309 e. The van der Waals surface area contributed by atoms with Crippen LogP contribution in [-0.4, -0.2) is 21.8 Å². The first-order valence-corrected chi connectivity index (χ1v) is 8.74. The van der Waals surface area contributed by atoms with Crippen LogP contribution in [-0.2, 0) is 11.2 Å². The molecule has 24 heavy (non-hydrogen) atoms. The second-order valence-electron chi connectivity index (χ2n) is 6.57. The van der Waals surface area contributed by atoms with Gasteiger partial charge < -0.3 is 10.1 Å². The number of pyridine rings is 1. The van der Waals surface area contributed by atoms with E-state index in [-0.39, 0.29) is 5.56 Å². The van der Waals surface area contributed by atoms with Crippen LogP contribution in [0.15, 0.2) is 52.3 Å². The molecule has 0 aliphatic carbocycles. The lowest BCUT2D eigenvalue weighted by atomic mass is 9.85. The summed E-state index contributed by atoms with van der Waals surface area (Å²) in [5.41, 5.74) is 3.33. The highest BCUT2D eigenvalue weighted by Gasteiger charge is 2.28. The van der Waals surface area contributed by atoms with Gasteiger partial charge in [0.15, 0.2) is 0 Å². The van der Waals surface area contributed by atoms with Crippen LogP contribution >= 0.6 is 11.8 Å². The van der Waals surface area contributed by atoms with Crippen LogP contribution in [0.4, 0.5) is 0 Å². The van der Waals surface area contributed by atoms with E-state index in [9.17, 15) is 14.7 Å². The molecular formula is C19H19NO3S. The third-order valence-electron chi connectivity index (χ3n) is 4.18. The molecule has 124 valence electrons. The van der Waals surface area contributed by atoms with Gasteiger partial charge in [-0.05, 0) is 54.7 Å². The first kappa shape index (κ1) is 16.6. The van der Waals surface area contributed by atoms with Gasteiger partial charge in [-0.3, -0.25) is 9.59 Å². The van der Waals surface area contributed by atoms with Crippen molar-refractivity contribution in [3.63, 3.8) is 0 Å². The molecule has 1 aromatic heterocycles. The molecule has 1 aromatic carbocycles. The molecule has 0 saturated heterocycles. The molecule has 0 radical (unpaired) electrons. The minimum atomic E-state index is -0.790. The molecule has 0 saturated carbocycles. The largest absolute Gasteiger partial charge is 0.481 e. The number of H-pyrrole nitrogens is 1. The Bertz CT molecular complexity index is 860. The Kier molecular flexibility index (Phi) is 4.37. The van der Waals surface area contributed by atoms with Gasteiger partial charge in [0, 0.05) is 22.9 Å². The van der Waals surface area contributed by atoms with Gasteiger partial charge in [-0.25, -0.2) is 0 Å². The van der Waals surface area contributed by atoms with E-state index >= 15 is 0 Å². The van der Waals surface area contributed by atoms with Crippen molar-refractivity contribution in [3.8, 4) is 0 Å². The number of rotatable bonds is 4. The highest BCUT2D eigenvalue weighted by Crippen LogP contribution is 2.38. The van der Waals surface area contributed by atoms with Gasteiger partial charge in [0.2, 0.25) is 5.56 Å². The number of aliphatic carboxylic acids is 1. The average molecular weight is 341 g/mol. The first-order chi connectivity index (χ1) is 11.4. The van der Waals surface area contributed by atoms with Crippen molar-refractivity contribution in [2.75, 3.05) is 5.75 Å². The maximum absolute atomic E-state index is 11.3. The van der Waals surface area contributed by atoms with Crippen molar-refractivity contribution in [2.45, 2.75) is 25.2 Å². The van der Waals surface area contributed by atoms with E-state index in [1.165, 1.54) is 6.07 Å². The zero-order chi connectivity index (χ0) is 17.3. The maximum atomic E-state index is 11.3. The van der Waals surface area contributed by atoms with Crippen LogP contribution in [0.2, 0.25) is 0 Å². The van der Waals surface area contributed by atoms with Gasteiger partial charge in [0.25, 0.3) is 0 Å². The number of thioether (sulfide) groups is 1. The molecule has 0 atom stereocenters. The van der Waals surface area contributed by atoms with Gasteiger partial charge >= 0.3 is 5.97 Å². The molecule has 0 amide bonds. The minimum Gasteiger partial charge on any atom is -0.481 e. The number of nitrogens with one attached hydrogen (secondary N) is 1. The molecule has 2 heterocycles. The molecular weight excluding hydrogens is 322 g/mol. The fraction of sp³-hybridized carbons (Fsp3) is 0.263. The number of carboxylic acid groups (broad SMARTS) is 1. The predicted octanol–water partition coefficient (Wildman–Crippen LogP) is 3.57. The number of carbonyl (C=O) groups is 1. The number of hydrogen-bond donors (Lipinski definition) is 2. The smallest absolute Gasteiger partial charge is 0.309 e. The van der Waals surface area contributed by atoms with E-state index in [0.717, 1.165) is 32.9 Å². The van der Waals surface area contributed by atoms with Crippen LogP contribution in [0.5, 0.6) is 0 Å². The molecule has 3 rings (SSSR count). The Hall–Kier alpha value is -2.27. The Morgan fingerprint density at radius 3 is 2.75 bits per heavy atom. The highest BCUT2D eigenvalue weighted by atomic mass is 32.2. The van der Waals surface area contributed by atoms with E-state index in [2.05, 4.69) is 17.1 Å². The summed E-state index contributed by atoms with van der Waals surface area (Å²) in [4.78, 5) is 26.5. The van der Waals surface area contributed by atoms with E-state index < -0.39 is 11.4 Å². The summed E-state index contributed by atoms with van der Waals surface area (Å²) in [5.74, 6) is 0.0643. The van der Waals surface area contributed by atoms with Crippen molar-refractivity contribution in [2.24, 2.45) is 5.41 Å². The van der Waals surface area contributed by atoms with Crippen molar-refractivity contribution in [1.82, 2.24) is 4.98 Å². The molecule has 2 aromatic rings. The SMILES string of the molecule is CC(C)(Cc1ccc2c(c1)SCC=C2c1ccc(=O)[nH]c1)C(=O)O. The zero-order valence-electron chi connectivity index (χ0n) is 13.6. The van der Waals surface area contributed by atoms with Crippen LogP contribution < -0.4 is 5.56 Å². The quantitative estimate of drug-likeness (QED) is 0.892. The van der Waals surface area contributed by atoms with E-state index in [0.29, 0.717) is 6.42 Å². The Labute approximate surface area is 144 Å². The number of aromatic nitrogens is 1. The number of hydrogen-bond acceptors (Lipinski definition) is 3. The third kappa shape index (κ3) is 3.31. The monoisotopic (exact) mass is 341 g/mol. The fourth-order valence-corrected chi connectivity index (χ4v) is 3.78. The molecule has 0 bridgehead atoms. The van der Waals surface area contributed by atoms with Crippen molar-refractivity contribution in [1.29, 1.82) is 0 Å². The van der Waals surface area contributed by atoms with Gasteiger partial charge in [-0.2, -0.15) is 0 Å². The zero-order valence-corrected chi connectivity index (χ0v) is 14.4.